The summed E-state index contributed by atoms with van der Waals surface area (Å²) in [7, 11) is 0. The second-order valence-corrected chi connectivity index (χ2v) is 1.75. The summed E-state index contributed by atoms with van der Waals surface area (Å²) < 4.78 is 0. The smallest absolute Gasteiger partial charge is 0.111 e. The highest BCUT2D eigenvalue weighted by Gasteiger charge is 1.79. The number of unbranched alkanes of at least 4 members (excludes halogenated alkanes) is 1. The maximum atomic E-state index is 8.61. The number of aliphatic hydroxyl groups is 1. The van der Waals surface area contributed by atoms with Gasteiger partial charge in [-0.25, -0.2) is 0 Å². The highest BCUT2D eigenvalue weighted by atomic mass is 128. The van der Waals surface area contributed by atoms with Gasteiger partial charge in [-0.2, -0.15) is 0 Å². The van der Waals surface area contributed by atoms with E-state index in [0.717, 1.165) is 12.8 Å². The summed E-state index contributed by atoms with van der Waals surface area (Å²) in [6.45, 7) is 3.74. The van der Waals surface area contributed by atoms with Gasteiger partial charge in [-0.15, -0.1) is 5.92 Å². The van der Waals surface area contributed by atoms with E-state index in [1.165, 1.54) is 0 Å². The fourth-order valence-corrected chi connectivity index (χ4v) is 0.345. The van der Waals surface area contributed by atoms with Crippen molar-refractivity contribution in [3.8, 4) is 11.8 Å². The van der Waals surface area contributed by atoms with Crippen LogP contribution in [0.3, 0.4) is 0 Å². The molecule has 10 heavy (non-hydrogen) atoms. The Bertz CT molecular complexity index is 102. The predicted octanol–water partition coefficient (Wildman–Crippen LogP) is 2.94. The zero-order valence-corrected chi connectivity index (χ0v) is 10.5. The molecule has 0 fully saturated rings. The molecule has 0 aromatic rings. The number of aliphatic hydroxyl groups excluding tert-OH is 1. The minimum atomic E-state index is -0.457. The van der Waals surface area contributed by atoms with Crippen molar-refractivity contribution in [3.05, 3.63) is 0 Å². The molecule has 0 rings (SSSR count). The Labute approximate surface area is 86.3 Å². The first kappa shape index (κ1) is 13.6. The van der Waals surface area contributed by atoms with Crippen LogP contribution in [0, 0.1) is 11.8 Å². The van der Waals surface area contributed by atoms with Gasteiger partial charge in [-0.05, 0) is 13.3 Å². The number of halogens is 2. The summed E-state index contributed by atoms with van der Waals surface area (Å²) in [5.74, 6) is 5.49. The average Bonchev–Trinajstić information content (AvgIpc) is 1.92. The molecule has 0 radical (unpaired) electrons. The van der Waals surface area contributed by atoms with Crippen LogP contribution in [0.5, 0.6) is 0 Å². The third kappa shape index (κ3) is 16.0. The molecule has 0 saturated heterocycles. The second kappa shape index (κ2) is 12.6. The van der Waals surface area contributed by atoms with Crippen LogP contribution in [0.4, 0.5) is 0 Å². The quantitative estimate of drug-likeness (QED) is 0.559. The van der Waals surface area contributed by atoms with Crippen LogP contribution >= 0.6 is 37.2 Å². The van der Waals surface area contributed by atoms with Crippen LogP contribution < -0.4 is 0 Å². The number of hydrogen-bond donors (Lipinski definition) is 1. The molecule has 3 heteroatoms. The fourth-order valence-electron chi connectivity index (χ4n) is 0.345. The third-order valence-corrected chi connectivity index (χ3v) is 0.686. The summed E-state index contributed by atoms with van der Waals surface area (Å²) in [6.07, 6.45) is 1.51. The van der Waals surface area contributed by atoms with Crippen LogP contribution in [0.15, 0.2) is 0 Å². The predicted molar refractivity (Wildman–Crippen MR) is 62.4 cm³/mol. The van der Waals surface area contributed by atoms with Gasteiger partial charge in [0.2, 0.25) is 0 Å². The Hall–Kier alpha value is 0.980. The maximum Gasteiger partial charge on any atom is 0.111 e. The summed E-state index contributed by atoms with van der Waals surface area (Å²) in [5.41, 5.74) is 0. The van der Waals surface area contributed by atoms with Crippen LogP contribution in [0.2, 0.25) is 0 Å². The molecule has 0 unspecified atom stereocenters. The molecule has 0 aliphatic carbocycles. The molecule has 0 aliphatic rings. The summed E-state index contributed by atoms with van der Waals surface area (Å²) in [5, 5.41) is 8.61. The molecule has 0 aromatic carbocycles. The van der Waals surface area contributed by atoms with E-state index in [0.29, 0.717) is 0 Å². The van der Waals surface area contributed by atoms with E-state index in [-0.39, 0.29) is 0 Å². The van der Waals surface area contributed by atoms with Gasteiger partial charge in [0.15, 0.2) is 0 Å². The highest BCUT2D eigenvalue weighted by Crippen LogP contribution is 1.89. The van der Waals surface area contributed by atoms with Gasteiger partial charge in [0, 0.05) is 43.7 Å². The Morgan fingerprint density at radius 2 is 2.00 bits per heavy atom. The largest absolute Gasteiger partial charge is 0.381 e. The molecule has 1 nitrogen and oxygen atoms in total. The highest BCUT2D eigenvalue weighted by molar-refractivity contribution is 15.0. The molecule has 0 spiro atoms. The Morgan fingerprint density at radius 1 is 1.50 bits per heavy atom. The lowest BCUT2D eigenvalue weighted by Crippen LogP contribution is -1.91. The van der Waals surface area contributed by atoms with Crippen LogP contribution in [-0.2, 0) is 0 Å². The van der Waals surface area contributed by atoms with Gasteiger partial charge in [0.05, 0.1) is 0 Å². The molecule has 0 heterocycles. The van der Waals surface area contributed by atoms with Crippen LogP contribution in [0.1, 0.15) is 26.7 Å². The van der Waals surface area contributed by atoms with Crippen LogP contribution in [-0.4, -0.2) is 11.2 Å². The number of hydrogen-bond acceptors (Lipinski definition) is 1. The van der Waals surface area contributed by atoms with E-state index in [9.17, 15) is 0 Å². The zero-order valence-electron chi connectivity index (χ0n) is 6.19. The Morgan fingerprint density at radius 3 is 2.30 bits per heavy atom. The SMILES string of the molecule is CCCC#C[C@H](C)O.II. The van der Waals surface area contributed by atoms with Gasteiger partial charge < -0.3 is 5.11 Å². The normalized spacial score (nSPS) is 10.1. The zero-order chi connectivity index (χ0) is 8.41. The molecule has 60 valence electrons. The second-order valence-electron chi connectivity index (χ2n) is 1.75. The molecule has 0 aliphatic heterocycles. The lowest BCUT2D eigenvalue weighted by atomic mass is 10.3. The van der Waals surface area contributed by atoms with Gasteiger partial charge in [-0.1, -0.05) is 12.8 Å². The molecule has 1 atom stereocenters. The molecule has 0 bridgehead atoms. The van der Waals surface area contributed by atoms with E-state index in [1.54, 1.807) is 6.92 Å². The van der Waals surface area contributed by atoms with Crippen molar-refractivity contribution in [1.29, 1.82) is 0 Å². The molecule has 0 amide bonds. The van der Waals surface area contributed by atoms with Crippen molar-refractivity contribution in [2.24, 2.45) is 0 Å². The van der Waals surface area contributed by atoms with Crippen molar-refractivity contribution in [2.75, 3.05) is 0 Å². The van der Waals surface area contributed by atoms with Crippen molar-refractivity contribution in [3.63, 3.8) is 0 Å². The Kier molecular flexibility index (Phi) is 17.1. The lowest BCUT2D eigenvalue weighted by molar-refractivity contribution is 0.253. The summed E-state index contributed by atoms with van der Waals surface area (Å²) >= 11 is 4.24. The summed E-state index contributed by atoms with van der Waals surface area (Å²) in [6, 6.07) is 0. The molecule has 0 saturated carbocycles. The van der Waals surface area contributed by atoms with Crippen molar-refractivity contribution in [1.82, 2.24) is 0 Å². The van der Waals surface area contributed by atoms with Gasteiger partial charge in [-0.3, -0.25) is 0 Å². The first-order chi connectivity index (χ1) is 4.77. The lowest BCUT2D eigenvalue weighted by Gasteiger charge is -1.85. The van der Waals surface area contributed by atoms with Crippen LogP contribution in [0.25, 0.3) is 0 Å². The van der Waals surface area contributed by atoms with Gasteiger partial charge in [0.1, 0.15) is 6.10 Å². The van der Waals surface area contributed by atoms with Crippen molar-refractivity contribution >= 4 is 37.2 Å². The average molecular weight is 366 g/mol. The topological polar surface area (TPSA) is 20.2 Å². The minimum absolute atomic E-state index is 0.457. The Balaban J connectivity index is 0. The van der Waals surface area contributed by atoms with E-state index < -0.39 is 6.10 Å². The van der Waals surface area contributed by atoms with Crippen molar-refractivity contribution < 1.29 is 5.11 Å². The first-order valence-electron chi connectivity index (χ1n) is 3.08. The molecule has 0 aromatic heterocycles. The van der Waals surface area contributed by atoms with Gasteiger partial charge >= 0.3 is 0 Å². The van der Waals surface area contributed by atoms with E-state index in [1.807, 2.05) is 0 Å². The van der Waals surface area contributed by atoms with E-state index in [4.69, 9.17) is 5.11 Å². The summed E-state index contributed by atoms with van der Waals surface area (Å²) in [4.78, 5) is 0. The fraction of sp³-hybridized carbons (Fsp3) is 0.714. The standard InChI is InChI=1S/C7H12O.I2/c1-3-4-5-6-7(2)8;1-2/h7-8H,3-4H2,1-2H3;/t7-;/m0./s1. The minimum Gasteiger partial charge on any atom is -0.381 e. The van der Waals surface area contributed by atoms with E-state index in [2.05, 4.69) is 56.0 Å². The third-order valence-electron chi connectivity index (χ3n) is 0.686. The number of rotatable bonds is 1. The first-order valence-corrected chi connectivity index (χ1v) is 9.36. The molecular formula is C7H12I2O. The van der Waals surface area contributed by atoms with Crippen molar-refractivity contribution in [2.45, 2.75) is 32.8 Å². The van der Waals surface area contributed by atoms with E-state index >= 15 is 0 Å². The monoisotopic (exact) mass is 366 g/mol. The molecular weight excluding hydrogens is 354 g/mol. The maximum absolute atomic E-state index is 8.61. The van der Waals surface area contributed by atoms with Gasteiger partial charge in [0.25, 0.3) is 0 Å². The molecule has 1 N–H and O–H groups in total.